The first-order chi connectivity index (χ1) is 35.7. The molecule has 7 atom stereocenters. The maximum absolute atomic E-state index is 14.2. The molecule has 1 aliphatic heterocycles. The van der Waals surface area contributed by atoms with E-state index in [1.165, 1.54) is 30.0 Å². The van der Waals surface area contributed by atoms with Gasteiger partial charge in [0.2, 0.25) is 35.4 Å². The molecular formula is C47H75N17O11. The van der Waals surface area contributed by atoms with E-state index in [0.29, 0.717) is 44.2 Å². The molecule has 8 amide bonds. The molecule has 1 saturated heterocycles. The Morgan fingerprint density at radius 1 is 0.853 bits per heavy atom. The van der Waals surface area contributed by atoms with Crippen LogP contribution in [0.25, 0.3) is 0 Å². The van der Waals surface area contributed by atoms with Crippen molar-refractivity contribution in [2.75, 3.05) is 45.8 Å². The molecule has 0 aliphatic carbocycles. The second-order valence-corrected chi connectivity index (χ2v) is 17.6. The SMILES string of the molecule is C[C@H](NC(=O)[C@@H](NC(=O)[C@@H](N)CCCCN)[C@@H](O)CN)C(=O)NCC(=O)N=C(CCCN)C(=O)N1CCC[C@H]1C(=O)N[C@@H](Cc1cccc(C#N)c1)C(=O)N[C@@H](CCCCN)C(=O)N/C(=C\CCN=C(N)N)C(=O)O. The summed E-state index contributed by atoms with van der Waals surface area (Å²) >= 11 is 0. The fraction of sp³-hybridized carbons (Fsp3) is 0.574. The van der Waals surface area contributed by atoms with E-state index in [2.05, 4.69) is 41.9 Å². The van der Waals surface area contributed by atoms with Crippen molar-refractivity contribution in [3.63, 3.8) is 0 Å². The first-order valence-corrected chi connectivity index (χ1v) is 24.6. The molecule has 1 aromatic rings. The molecule has 1 fully saturated rings. The van der Waals surface area contributed by atoms with Crippen LogP contribution in [0.4, 0.5) is 0 Å². The van der Waals surface area contributed by atoms with Gasteiger partial charge in [-0.2, -0.15) is 5.26 Å². The highest BCUT2D eigenvalue weighted by molar-refractivity contribution is 6.40. The van der Waals surface area contributed by atoms with Crippen molar-refractivity contribution in [3.05, 3.63) is 47.2 Å². The molecule has 414 valence electrons. The number of carboxylic acids is 1. The number of rotatable bonds is 33. The number of benzene rings is 1. The number of aliphatic imine (C=N–C) groups is 2. The monoisotopic (exact) mass is 1050 g/mol. The third-order valence-corrected chi connectivity index (χ3v) is 11.6. The highest BCUT2D eigenvalue weighted by atomic mass is 16.4. The summed E-state index contributed by atoms with van der Waals surface area (Å²) < 4.78 is 0. The maximum Gasteiger partial charge on any atom is 0.352 e. The summed E-state index contributed by atoms with van der Waals surface area (Å²) in [6.45, 7) is 0.894. The number of likely N-dealkylation sites (tertiary alicyclic amines) is 1. The average Bonchev–Trinajstić information content (AvgIpc) is 3.88. The van der Waals surface area contributed by atoms with Crippen molar-refractivity contribution in [1.82, 2.24) is 36.8 Å². The Balaban J connectivity index is 2.33. The quantitative estimate of drug-likeness (QED) is 0.0135. The zero-order chi connectivity index (χ0) is 56.0. The van der Waals surface area contributed by atoms with Gasteiger partial charge in [-0.3, -0.25) is 43.3 Å². The Hall–Kier alpha value is -7.42. The van der Waals surface area contributed by atoms with Crippen LogP contribution in [0.5, 0.6) is 0 Å². The summed E-state index contributed by atoms with van der Waals surface area (Å²) in [5, 5.41) is 44.4. The van der Waals surface area contributed by atoms with E-state index in [9.17, 15) is 58.6 Å². The Labute approximate surface area is 434 Å². The van der Waals surface area contributed by atoms with Gasteiger partial charge < -0.3 is 87.1 Å². The number of carbonyl (C=O) groups is 9. The lowest BCUT2D eigenvalue weighted by Gasteiger charge is -2.28. The molecule has 0 spiro atoms. The van der Waals surface area contributed by atoms with E-state index < -0.39 is 114 Å². The van der Waals surface area contributed by atoms with Crippen molar-refractivity contribution in [2.24, 2.45) is 50.1 Å². The van der Waals surface area contributed by atoms with Gasteiger partial charge in [0.15, 0.2) is 5.96 Å². The lowest BCUT2D eigenvalue weighted by atomic mass is 10.0. The predicted molar refractivity (Wildman–Crippen MR) is 275 cm³/mol. The second-order valence-electron chi connectivity index (χ2n) is 17.6. The minimum absolute atomic E-state index is 0.0162. The number of aliphatic hydroxyl groups is 1. The first kappa shape index (κ1) is 63.7. The number of hydrogen-bond donors (Lipinski definition) is 15. The van der Waals surface area contributed by atoms with E-state index in [0.717, 1.165) is 0 Å². The molecule has 2 rings (SSSR count). The zero-order valence-corrected chi connectivity index (χ0v) is 42.3. The molecule has 0 radical (unpaired) electrons. The van der Waals surface area contributed by atoms with Crippen molar-refractivity contribution < 1.29 is 53.4 Å². The molecule has 28 heteroatoms. The number of aliphatic hydroxyl groups excluding tert-OH is 1. The van der Waals surface area contributed by atoms with Crippen molar-refractivity contribution in [1.29, 1.82) is 5.26 Å². The zero-order valence-electron chi connectivity index (χ0n) is 42.3. The van der Waals surface area contributed by atoms with E-state index in [1.54, 1.807) is 12.1 Å². The molecule has 75 heavy (non-hydrogen) atoms. The Morgan fingerprint density at radius 2 is 1.53 bits per heavy atom. The molecule has 28 nitrogen and oxygen atoms in total. The normalized spacial score (nSPS) is 15.9. The molecule has 1 heterocycles. The largest absolute Gasteiger partial charge is 0.477 e. The minimum atomic E-state index is -1.58. The van der Waals surface area contributed by atoms with Gasteiger partial charge in [-0.15, -0.1) is 0 Å². The van der Waals surface area contributed by atoms with Crippen LogP contribution in [0.2, 0.25) is 0 Å². The van der Waals surface area contributed by atoms with Crippen LogP contribution in [0.1, 0.15) is 88.7 Å². The number of nitrogens with zero attached hydrogens (tertiary/aromatic N) is 4. The number of guanidine groups is 1. The van der Waals surface area contributed by atoms with Crippen LogP contribution in [0.3, 0.4) is 0 Å². The van der Waals surface area contributed by atoms with Crippen LogP contribution in [-0.2, 0) is 49.6 Å². The molecule has 1 aromatic carbocycles. The number of unbranched alkanes of at least 4 members (excludes halogenated alkanes) is 2. The Bertz CT molecular complexity index is 2270. The van der Waals surface area contributed by atoms with Gasteiger partial charge in [-0.25, -0.2) is 9.79 Å². The summed E-state index contributed by atoms with van der Waals surface area (Å²) in [5.74, 6) is -8.57. The first-order valence-electron chi connectivity index (χ1n) is 24.6. The van der Waals surface area contributed by atoms with Crippen LogP contribution in [0.15, 0.2) is 46.0 Å². The van der Waals surface area contributed by atoms with Crippen LogP contribution in [-0.4, -0.2) is 168 Å². The van der Waals surface area contributed by atoms with E-state index in [-0.39, 0.29) is 88.4 Å². The van der Waals surface area contributed by atoms with Gasteiger partial charge in [-0.1, -0.05) is 24.6 Å². The van der Waals surface area contributed by atoms with E-state index in [1.807, 2.05) is 6.07 Å². The Kier molecular flexibility index (Phi) is 29.0. The molecule has 22 N–H and O–H groups in total. The van der Waals surface area contributed by atoms with E-state index >= 15 is 0 Å². The lowest BCUT2D eigenvalue weighted by molar-refractivity contribution is -0.137. The molecule has 0 saturated carbocycles. The van der Waals surface area contributed by atoms with Crippen LogP contribution < -0.4 is 72.0 Å². The lowest BCUT2D eigenvalue weighted by Crippen LogP contribution is -2.60. The van der Waals surface area contributed by atoms with Crippen molar-refractivity contribution in [3.8, 4) is 6.07 Å². The summed E-state index contributed by atoms with van der Waals surface area (Å²) in [5.41, 5.74) is 39.0. The topological polar surface area (TPSA) is 500 Å². The third kappa shape index (κ3) is 22.7. The third-order valence-electron chi connectivity index (χ3n) is 11.6. The maximum atomic E-state index is 14.2. The minimum Gasteiger partial charge on any atom is -0.477 e. The highest BCUT2D eigenvalue weighted by Gasteiger charge is 2.38. The summed E-state index contributed by atoms with van der Waals surface area (Å²) in [4.78, 5) is 129. The fourth-order valence-corrected chi connectivity index (χ4v) is 7.50. The summed E-state index contributed by atoms with van der Waals surface area (Å²) in [7, 11) is 0. The smallest absolute Gasteiger partial charge is 0.352 e. The highest BCUT2D eigenvalue weighted by Crippen LogP contribution is 2.20. The number of nitriles is 1. The number of hydrogen-bond acceptors (Lipinski definition) is 17. The van der Waals surface area contributed by atoms with Crippen LogP contribution in [0, 0.1) is 11.3 Å². The number of nitrogens with one attached hydrogen (secondary N) is 6. The van der Waals surface area contributed by atoms with Gasteiger partial charge in [0.1, 0.15) is 41.6 Å². The number of nitrogens with two attached hydrogens (primary N) is 7. The van der Waals surface area contributed by atoms with Crippen LogP contribution >= 0.6 is 0 Å². The Morgan fingerprint density at radius 3 is 2.16 bits per heavy atom. The van der Waals surface area contributed by atoms with Crippen molar-refractivity contribution in [2.45, 2.75) is 126 Å². The van der Waals surface area contributed by atoms with Gasteiger partial charge in [0, 0.05) is 26.1 Å². The van der Waals surface area contributed by atoms with Gasteiger partial charge in [0.05, 0.1) is 30.3 Å². The van der Waals surface area contributed by atoms with Gasteiger partial charge >= 0.3 is 5.97 Å². The number of carbonyl (C=O) groups excluding carboxylic acids is 8. The second kappa shape index (κ2) is 34.1. The number of carboxylic acid groups (broad SMARTS) is 1. The molecular weight excluding hydrogens is 979 g/mol. The van der Waals surface area contributed by atoms with Gasteiger partial charge in [-0.05, 0) is 108 Å². The predicted octanol–water partition coefficient (Wildman–Crippen LogP) is -5.47. The number of aliphatic carboxylic acids is 1. The average molecular weight is 1050 g/mol. The number of amides is 8. The molecule has 0 aromatic heterocycles. The summed E-state index contributed by atoms with van der Waals surface area (Å²) in [6, 6.07) is 0.384. The fourth-order valence-electron chi connectivity index (χ4n) is 7.50. The standard InChI is InChI=1S/C47H75N17O11/c1-27(58-44(72)38(36(65)25-52)63-40(68)30(53)12-2-4-17-48)39(67)57-26-37(66)59-32(14-7-19-50)45(73)64-21-9-16-35(64)43(71)62-34(23-28-10-6-11-29(22-28)24-51)42(70)60-31(13-3-5-18-49)41(69)61-33(46(74)75)15-8-20-56-47(54)55/h6,10-11,15,22,27,30-31,34-36,38,65H,2-5,7-9,12-14,16-21,23,25-26,48-50,52-53H2,1H3,(H,57,67)(H,58,72)(H,60,70)(H,61,69)(H,62,71)(H,63,68)(H,74,75)(H4,54,55,56)/b33-15-,59-32?/t27-,30-,31-,34-,35-,36-,38-/m0/s1. The molecule has 0 bridgehead atoms. The molecule has 0 unspecified atom stereocenters. The molecule has 1 aliphatic rings. The van der Waals surface area contributed by atoms with Crippen molar-refractivity contribution >= 4 is 64.9 Å². The van der Waals surface area contributed by atoms with E-state index in [4.69, 9.17) is 40.1 Å². The van der Waals surface area contributed by atoms with Gasteiger partial charge in [0.25, 0.3) is 11.8 Å². The summed E-state index contributed by atoms with van der Waals surface area (Å²) in [6.07, 6.45) is 2.24.